The Morgan fingerprint density at radius 3 is 2.68 bits per heavy atom. The van der Waals surface area contributed by atoms with Gasteiger partial charge in [-0.15, -0.1) is 0 Å². The van der Waals surface area contributed by atoms with Crippen molar-refractivity contribution in [2.24, 2.45) is 0 Å². The van der Waals surface area contributed by atoms with Crippen LogP contribution < -0.4 is 26.0 Å². The minimum atomic E-state index is -0.699. The summed E-state index contributed by atoms with van der Waals surface area (Å²) in [5.41, 5.74) is -0.854. The van der Waals surface area contributed by atoms with E-state index < -0.39 is 16.5 Å². The van der Waals surface area contributed by atoms with E-state index in [2.05, 4.69) is 20.5 Å². The number of nitrogens with one attached hydrogen (secondary N) is 3. The molecule has 134 valence electrons. The summed E-state index contributed by atoms with van der Waals surface area (Å²) in [7, 11) is 3.02. The molecule has 0 aliphatic rings. The third-order valence-corrected chi connectivity index (χ3v) is 4.60. The van der Waals surface area contributed by atoms with E-state index in [1.54, 1.807) is 18.2 Å². The summed E-state index contributed by atoms with van der Waals surface area (Å²) in [6, 6.07) is 5.01. The quantitative estimate of drug-likeness (QED) is 0.624. The first kappa shape index (κ1) is 18.6. The van der Waals surface area contributed by atoms with E-state index in [4.69, 9.17) is 9.47 Å². The van der Waals surface area contributed by atoms with Crippen LogP contribution >= 0.6 is 11.8 Å². The Hall–Kier alpha value is -2.75. The number of rotatable bonds is 7. The van der Waals surface area contributed by atoms with Gasteiger partial charge in [-0.2, -0.15) is 5.10 Å². The summed E-state index contributed by atoms with van der Waals surface area (Å²) in [6.07, 6.45) is 0.454. The number of hydrogen-bond acceptors (Lipinski definition) is 7. The van der Waals surface area contributed by atoms with Crippen molar-refractivity contribution in [2.75, 3.05) is 19.5 Å². The minimum absolute atomic E-state index is 0.0169. The van der Waals surface area contributed by atoms with Gasteiger partial charge in [-0.05, 0) is 18.6 Å². The van der Waals surface area contributed by atoms with Gasteiger partial charge in [-0.25, -0.2) is 9.89 Å². The number of aromatic nitrogens is 3. The van der Waals surface area contributed by atoms with Crippen LogP contribution in [0.4, 0.5) is 5.69 Å². The summed E-state index contributed by atoms with van der Waals surface area (Å²) in [4.78, 5) is 37.3. The van der Waals surface area contributed by atoms with Crippen LogP contribution in [0.25, 0.3) is 0 Å². The normalized spacial score (nSPS) is 11.6. The van der Waals surface area contributed by atoms with Crippen LogP contribution in [0.2, 0.25) is 0 Å². The van der Waals surface area contributed by atoms with Crippen LogP contribution in [0.5, 0.6) is 11.5 Å². The Labute approximate surface area is 147 Å². The highest BCUT2D eigenvalue weighted by Crippen LogP contribution is 2.30. The number of aromatic amines is 2. The third-order valence-electron chi connectivity index (χ3n) is 3.26. The molecule has 25 heavy (non-hydrogen) atoms. The number of hydrogen-bond donors (Lipinski definition) is 3. The molecule has 0 radical (unpaired) electrons. The number of carbonyl (C=O) groups is 1. The van der Waals surface area contributed by atoms with Gasteiger partial charge < -0.3 is 14.8 Å². The second-order valence-electron chi connectivity index (χ2n) is 4.88. The molecule has 2 aromatic rings. The molecule has 3 N–H and O–H groups in total. The molecule has 1 atom stereocenters. The zero-order chi connectivity index (χ0) is 18.4. The van der Waals surface area contributed by atoms with E-state index in [9.17, 15) is 14.4 Å². The Morgan fingerprint density at radius 1 is 1.32 bits per heavy atom. The molecule has 0 saturated heterocycles. The number of benzene rings is 1. The van der Waals surface area contributed by atoms with Crippen molar-refractivity contribution in [3.05, 3.63) is 39.0 Å². The summed E-state index contributed by atoms with van der Waals surface area (Å²) < 4.78 is 10.4. The SMILES string of the molecule is CCC(Sc1n[nH]c(=O)[nH]c1=O)C(=O)Nc1ccc(OC)cc1OC. The zero-order valence-corrected chi connectivity index (χ0v) is 14.7. The standard InChI is InChI=1S/C15H18N4O5S/c1-4-11(25-14-13(21)17-15(22)19-18-14)12(20)16-9-6-5-8(23-2)7-10(9)24-3/h5-7,11H,4H2,1-3H3,(H,16,20)(H2,17,19,21,22). The van der Waals surface area contributed by atoms with Crippen LogP contribution in [-0.2, 0) is 4.79 Å². The number of methoxy groups -OCH3 is 2. The van der Waals surface area contributed by atoms with Crippen molar-refractivity contribution in [3.63, 3.8) is 0 Å². The molecule has 0 fully saturated rings. The third kappa shape index (κ3) is 4.63. The average molecular weight is 366 g/mol. The topological polar surface area (TPSA) is 126 Å². The molecule has 0 bridgehead atoms. The van der Waals surface area contributed by atoms with Gasteiger partial charge in [0.25, 0.3) is 5.56 Å². The molecule has 10 heteroatoms. The Balaban J connectivity index is 2.17. The van der Waals surface area contributed by atoms with Crippen LogP contribution in [-0.4, -0.2) is 40.6 Å². The van der Waals surface area contributed by atoms with Gasteiger partial charge in [0.2, 0.25) is 5.91 Å². The van der Waals surface area contributed by atoms with Crippen LogP contribution in [0, 0.1) is 0 Å². The number of thioether (sulfide) groups is 1. The van der Waals surface area contributed by atoms with Gasteiger partial charge >= 0.3 is 5.69 Å². The fourth-order valence-electron chi connectivity index (χ4n) is 1.99. The van der Waals surface area contributed by atoms with Crippen LogP contribution in [0.15, 0.2) is 32.8 Å². The van der Waals surface area contributed by atoms with Crippen LogP contribution in [0.3, 0.4) is 0 Å². The Bertz CT molecular complexity index is 863. The van der Waals surface area contributed by atoms with E-state index in [0.29, 0.717) is 23.6 Å². The molecule has 1 heterocycles. The fraction of sp³-hybridized carbons (Fsp3) is 0.333. The fourth-order valence-corrected chi connectivity index (χ4v) is 2.85. The summed E-state index contributed by atoms with van der Waals surface area (Å²) >= 11 is 0.970. The molecular formula is C15H18N4O5S. The van der Waals surface area contributed by atoms with E-state index in [1.165, 1.54) is 14.2 Å². The van der Waals surface area contributed by atoms with Crippen molar-refractivity contribution in [1.82, 2.24) is 15.2 Å². The lowest BCUT2D eigenvalue weighted by Crippen LogP contribution is -2.29. The molecule has 1 aromatic heterocycles. The summed E-state index contributed by atoms with van der Waals surface area (Å²) in [5, 5.41) is 8.02. The van der Waals surface area contributed by atoms with Crippen molar-refractivity contribution in [3.8, 4) is 11.5 Å². The van der Waals surface area contributed by atoms with Gasteiger partial charge in [0, 0.05) is 6.07 Å². The molecule has 0 saturated carbocycles. The first-order valence-corrected chi connectivity index (χ1v) is 8.25. The number of amides is 1. The molecule has 0 aliphatic heterocycles. The molecule has 1 amide bonds. The van der Waals surface area contributed by atoms with Crippen LogP contribution in [0.1, 0.15) is 13.3 Å². The van der Waals surface area contributed by atoms with Gasteiger partial charge in [0.15, 0.2) is 5.03 Å². The second-order valence-corrected chi connectivity index (χ2v) is 6.07. The highest BCUT2D eigenvalue weighted by atomic mass is 32.2. The maximum Gasteiger partial charge on any atom is 0.342 e. The maximum atomic E-state index is 12.5. The van der Waals surface area contributed by atoms with Gasteiger partial charge in [0.05, 0.1) is 25.2 Å². The van der Waals surface area contributed by atoms with E-state index in [-0.39, 0.29) is 10.9 Å². The lowest BCUT2D eigenvalue weighted by molar-refractivity contribution is -0.115. The largest absolute Gasteiger partial charge is 0.497 e. The first-order chi connectivity index (χ1) is 12.0. The molecular weight excluding hydrogens is 348 g/mol. The summed E-state index contributed by atoms with van der Waals surface area (Å²) in [6.45, 7) is 1.81. The lowest BCUT2D eigenvalue weighted by atomic mass is 10.2. The van der Waals surface area contributed by atoms with E-state index in [1.807, 2.05) is 6.92 Å². The molecule has 0 aliphatic carbocycles. The van der Waals surface area contributed by atoms with Crippen molar-refractivity contribution in [2.45, 2.75) is 23.6 Å². The van der Waals surface area contributed by atoms with Crippen molar-refractivity contribution < 1.29 is 14.3 Å². The molecule has 1 unspecified atom stereocenters. The predicted octanol–water partition coefficient (Wildman–Crippen LogP) is 0.985. The van der Waals surface area contributed by atoms with Gasteiger partial charge in [0.1, 0.15) is 11.5 Å². The highest BCUT2D eigenvalue weighted by molar-refractivity contribution is 8.00. The monoisotopic (exact) mass is 366 g/mol. The van der Waals surface area contributed by atoms with Gasteiger partial charge in [-0.1, -0.05) is 18.7 Å². The zero-order valence-electron chi connectivity index (χ0n) is 13.9. The van der Waals surface area contributed by atoms with Crippen molar-refractivity contribution in [1.29, 1.82) is 0 Å². The lowest BCUT2D eigenvalue weighted by Gasteiger charge is -2.16. The average Bonchev–Trinajstić information content (AvgIpc) is 2.61. The van der Waals surface area contributed by atoms with E-state index in [0.717, 1.165) is 11.8 Å². The number of H-pyrrole nitrogens is 2. The number of carbonyl (C=O) groups excluding carboxylic acids is 1. The van der Waals surface area contributed by atoms with Crippen molar-refractivity contribution >= 4 is 23.4 Å². The number of ether oxygens (including phenoxy) is 2. The molecule has 1 aromatic carbocycles. The highest BCUT2D eigenvalue weighted by Gasteiger charge is 2.22. The Morgan fingerprint density at radius 2 is 2.08 bits per heavy atom. The summed E-state index contributed by atoms with van der Waals surface area (Å²) in [5.74, 6) is 0.733. The molecule has 2 rings (SSSR count). The number of anilines is 1. The Kier molecular flexibility index (Phi) is 6.23. The van der Waals surface area contributed by atoms with E-state index >= 15 is 0 Å². The predicted molar refractivity (Wildman–Crippen MR) is 93.6 cm³/mol. The maximum absolute atomic E-state index is 12.5. The smallest absolute Gasteiger partial charge is 0.342 e. The number of nitrogens with zero attached hydrogens (tertiary/aromatic N) is 1. The molecule has 9 nitrogen and oxygen atoms in total. The van der Waals surface area contributed by atoms with Gasteiger partial charge in [-0.3, -0.25) is 14.6 Å². The molecule has 0 spiro atoms. The minimum Gasteiger partial charge on any atom is -0.497 e. The first-order valence-electron chi connectivity index (χ1n) is 7.37. The second kappa shape index (κ2) is 8.38.